The van der Waals surface area contributed by atoms with E-state index in [0.717, 1.165) is 87.5 Å². The largest absolute Gasteiger partial charge is 0.497 e. The van der Waals surface area contributed by atoms with E-state index in [1.807, 2.05) is 55.5 Å². The van der Waals surface area contributed by atoms with Crippen molar-refractivity contribution < 1.29 is 14.2 Å². The van der Waals surface area contributed by atoms with Crippen molar-refractivity contribution in [2.75, 3.05) is 44.8 Å². The summed E-state index contributed by atoms with van der Waals surface area (Å²) in [6.45, 7) is 8.30. The van der Waals surface area contributed by atoms with E-state index < -0.39 is 0 Å². The van der Waals surface area contributed by atoms with Crippen LogP contribution in [0.1, 0.15) is 19.4 Å². The van der Waals surface area contributed by atoms with Gasteiger partial charge in [-0.3, -0.25) is 0 Å². The van der Waals surface area contributed by atoms with Crippen LogP contribution in [0, 0.1) is 0 Å². The molecule has 0 unspecified atom stereocenters. The second-order valence-electron chi connectivity index (χ2n) is 9.28. The zero-order valence-electron chi connectivity index (χ0n) is 22.4. The Hall–Kier alpha value is -3.95. The summed E-state index contributed by atoms with van der Waals surface area (Å²) in [5, 5.41) is 4.49. The molecule has 0 spiro atoms. The predicted octanol–water partition coefficient (Wildman–Crippen LogP) is 6.08. The van der Waals surface area contributed by atoms with Gasteiger partial charge in [-0.1, -0.05) is 6.92 Å². The van der Waals surface area contributed by atoms with Gasteiger partial charge >= 0.3 is 0 Å². The number of thiophene rings is 1. The summed E-state index contributed by atoms with van der Waals surface area (Å²) in [4.78, 5) is 18.1. The third kappa shape index (κ3) is 5.07. The second-order valence-corrected chi connectivity index (χ2v) is 10.3. The lowest BCUT2D eigenvalue weighted by molar-refractivity contribution is 0.331. The van der Waals surface area contributed by atoms with Crippen LogP contribution >= 0.6 is 11.3 Å². The Morgan fingerprint density at radius 1 is 0.897 bits per heavy atom. The molecule has 0 bridgehead atoms. The maximum Gasteiger partial charge on any atom is 0.236 e. The molecule has 1 saturated heterocycles. The summed E-state index contributed by atoms with van der Waals surface area (Å²) in [5.41, 5.74) is 4.10. The maximum absolute atomic E-state index is 6.01. The fraction of sp³-hybridized carbons (Fsp3) is 0.300. The van der Waals surface area contributed by atoms with E-state index in [9.17, 15) is 0 Å². The van der Waals surface area contributed by atoms with E-state index in [0.29, 0.717) is 12.5 Å². The molecule has 6 rings (SSSR count). The van der Waals surface area contributed by atoms with Crippen LogP contribution in [0.15, 0.2) is 54.6 Å². The number of benzene rings is 2. The van der Waals surface area contributed by atoms with Gasteiger partial charge in [-0.2, -0.15) is 4.98 Å². The van der Waals surface area contributed by atoms with Crippen LogP contribution in [0.3, 0.4) is 0 Å². The molecule has 0 amide bonds. The summed E-state index contributed by atoms with van der Waals surface area (Å²) in [6, 6.07) is 17.8. The van der Waals surface area contributed by atoms with Crippen molar-refractivity contribution in [1.82, 2.24) is 20.3 Å². The van der Waals surface area contributed by atoms with Crippen LogP contribution in [0.2, 0.25) is 0 Å². The summed E-state index contributed by atoms with van der Waals surface area (Å²) in [7, 11) is 1.65. The minimum absolute atomic E-state index is 0.547. The molecule has 1 fully saturated rings. The highest BCUT2D eigenvalue weighted by Crippen LogP contribution is 2.41. The maximum atomic E-state index is 6.01. The van der Waals surface area contributed by atoms with Crippen LogP contribution in [0.5, 0.6) is 23.1 Å². The van der Waals surface area contributed by atoms with E-state index in [1.54, 1.807) is 18.4 Å². The molecule has 0 aliphatic carbocycles. The van der Waals surface area contributed by atoms with E-state index in [1.165, 1.54) is 5.56 Å². The Labute approximate surface area is 231 Å². The van der Waals surface area contributed by atoms with Crippen LogP contribution in [-0.2, 0) is 6.42 Å². The van der Waals surface area contributed by atoms with Gasteiger partial charge in [0.1, 0.15) is 32.3 Å². The molecule has 9 heteroatoms. The molecule has 8 nitrogen and oxygen atoms in total. The van der Waals surface area contributed by atoms with Crippen LogP contribution < -0.4 is 24.4 Å². The lowest BCUT2D eigenvalue weighted by Crippen LogP contribution is -2.44. The van der Waals surface area contributed by atoms with E-state index in [4.69, 9.17) is 29.2 Å². The van der Waals surface area contributed by atoms with Crippen molar-refractivity contribution in [2.45, 2.75) is 20.3 Å². The fourth-order valence-corrected chi connectivity index (χ4v) is 5.92. The van der Waals surface area contributed by atoms with Gasteiger partial charge in [0, 0.05) is 37.1 Å². The molecule has 0 radical (unpaired) electrons. The number of ether oxygens (including phenoxy) is 3. The minimum atomic E-state index is 0.547. The van der Waals surface area contributed by atoms with Gasteiger partial charge in [0.2, 0.25) is 11.8 Å². The number of hydrogen-bond acceptors (Lipinski definition) is 9. The van der Waals surface area contributed by atoms with Gasteiger partial charge in [-0.25, -0.2) is 9.97 Å². The molecule has 0 atom stereocenters. The summed E-state index contributed by atoms with van der Waals surface area (Å²) in [5.74, 6) is 3.69. The van der Waals surface area contributed by atoms with Crippen molar-refractivity contribution in [1.29, 1.82) is 0 Å². The Balaban J connectivity index is 1.37. The minimum Gasteiger partial charge on any atom is -0.497 e. The quantitative estimate of drug-likeness (QED) is 0.253. The highest BCUT2D eigenvalue weighted by Gasteiger charge is 2.22. The first-order valence-electron chi connectivity index (χ1n) is 13.3. The average molecular weight is 542 g/mol. The predicted molar refractivity (Wildman–Crippen MR) is 157 cm³/mol. The first-order chi connectivity index (χ1) is 19.2. The summed E-state index contributed by atoms with van der Waals surface area (Å²) < 4.78 is 18.2. The van der Waals surface area contributed by atoms with Crippen LogP contribution in [0.25, 0.3) is 31.7 Å². The lowest BCUT2D eigenvalue weighted by Gasteiger charge is -2.27. The van der Waals surface area contributed by atoms with Gasteiger partial charge in [-0.15, -0.1) is 11.3 Å². The van der Waals surface area contributed by atoms with E-state index in [2.05, 4.69) is 23.2 Å². The number of aromatic nitrogens is 3. The molecule has 4 heterocycles. The number of pyridine rings is 1. The first-order valence-corrected chi connectivity index (χ1v) is 14.1. The molecule has 39 heavy (non-hydrogen) atoms. The molecule has 2 aromatic carbocycles. The zero-order valence-corrected chi connectivity index (χ0v) is 23.2. The number of hydrogen-bond donors (Lipinski definition) is 1. The SMILES string of the molecule is CCOc1nc(N2CCNCC2)nc2c1sc1nc(-c3ccc(Oc4ccc(OC)cc4)cc3)cc(CC)c12. The molecule has 1 aliphatic rings. The van der Waals surface area contributed by atoms with Crippen LogP contribution in [0.4, 0.5) is 5.95 Å². The van der Waals surface area contributed by atoms with Crippen molar-refractivity contribution >= 4 is 37.7 Å². The number of aryl methyl sites for hydroxylation is 1. The highest BCUT2D eigenvalue weighted by atomic mass is 32.1. The Morgan fingerprint density at radius 3 is 2.26 bits per heavy atom. The third-order valence-electron chi connectivity index (χ3n) is 6.83. The first kappa shape index (κ1) is 25.3. The summed E-state index contributed by atoms with van der Waals surface area (Å²) >= 11 is 1.60. The van der Waals surface area contributed by atoms with E-state index >= 15 is 0 Å². The van der Waals surface area contributed by atoms with Crippen molar-refractivity contribution in [3.63, 3.8) is 0 Å². The van der Waals surface area contributed by atoms with Gasteiger partial charge in [0.05, 0.1) is 19.4 Å². The lowest BCUT2D eigenvalue weighted by atomic mass is 10.0. The smallest absolute Gasteiger partial charge is 0.236 e. The summed E-state index contributed by atoms with van der Waals surface area (Å²) in [6.07, 6.45) is 0.869. The molecular formula is C30H31N5O3S. The highest BCUT2D eigenvalue weighted by molar-refractivity contribution is 7.25. The second kappa shape index (κ2) is 11.0. The van der Waals surface area contributed by atoms with Crippen molar-refractivity contribution in [2.24, 2.45) is 0 Å². The number of fused-ring (bicyclic) bond motifs is 3. The van der Waals surface area contributed by atoms with Gasteiger partial charge in [0.15, 0.2) is 0 Å². The molecule has 5 aromatic rings. The fourth-order valence-electron chi connectivity index (χ4n) is 4.82. The molecule has 3 aromatic heterocycles. The number of nitrogens with one attached hydrogen (secondary N) is 1. The average Bonchev–Trinajstić information content (AvgIpc) is 3.37. The van der Waals surface area contributed by atoms with Gasteiger partial charge in [-0.05, 0) is 73.5 Å². The van der Waals surface area contributed by atoms with Gasteiger partial charge < -0.3 is 24.4 Å². The Kier molecular flexibility index (Phi) is 7.17. The molecule has 200 valence electrons. The number of rotatable bonds is 8. The zero-order chi connectivity index (χ0) is 26.8. The molecule has 1 N–H and O–H groups in total. The van der Waals surface area contributed by atoms with Crippen molar-refractivity contribution in [3.8, 4) is 34.4 Å². The number of anilines is 1. The standard InChI is InChI=1S/C30H31N5O3S/c1-4-19-18-24(20-6-8-22(9-7-20)38-23-12-10-21(36-3)11-13-23)32-29-25(19)26-27(39-29)28(37-5-2)34-30(33-26)35-16-14-31-15-17-35/h6-13,18,31H,4-5,14-17H2,1-3H3. The monoisotopic (exact) mass is 541 g/mol. The van der Waals surface area contributed by atoms with Crippen LogP contribution in [-0.4, -0.2) is 54.8 Å². The molecule has 0 saturated carbocycles. The van der Waals surface area contributed by atoms with E-state index in [-0.39, 0.29) is 0 Å². The number of nitrogens with zero attached hydrogens (tertiary/aromatic N) is 4. The Morgan fingerprint density at radius 2 is 1.59 bits per heavy atom. The number of methoxy groups -OCH3 is 1. The third-order valence-corrected chi connectivity index (χ3v) is 7.89. The topological polar surface area (TPSA) is 81.6 Å². The van der Waals surface area contributed by atoms with Gasteiger partial charge in [0.25, 0.3) is 0 Å². The molecular weight excluding hydrogens is 510 g/mol. The normalized spacial score (nSPS) is 13.7. The van der Waals surface area contributed by atoms with Crippen molar-refractivity contribution in [3.05, 3.63) is 60.2 Å². The Bertz CT molecular complexity index is 1600. The number of piperazine rings is 1. The molecule has 1 aliphatic heterocycles.